The van der Waals surface area contributed by atoms with Crippen molar-refractivity contribution >= 4 is 29.1 Å². The number of aryl methyl sites for hydroxylation is 1. The molecule has 2 aromatic heterocycles. The Morgan fingerprint density at radius 3 is 2.26 bits per heavy atom. The first kappa shape index (κ1) is 28.9. The van der Waals surface area contributed by atoms with Crippen molar-refractivity contribution in [3.05, 3.63) is 10.5 Å². The number of nitrogen functional groups attached to an aromatic ring is 1. The van der Waals surface area contributed by atoms with Crippen LogP contribution in [0, 0.1) is 0 Å². The fourth-order valence-electron chi connectivity index (χ4n) is 3.89. The minimum Gasteiger partial charge on any atom is -0.479 e. The van der Waals surface area contributed by atoms with Gasteiger partial charge < -0.3 is 24.7 Å². The summed E-state index contributed by atoms with van der Waals surface area (Å²) in [5.74, 6) is -3.74. The van der Waals surface area contributed by atoms with Gasteiger partial charge in [-0.15, -0.1) is 0 Å². The Hall–Kier alpha value is -3.64. The van der Waals surface area contributed by atoms with Gasteiger partial charge in [0, 0.05) is 20.4 Å². The number of fused-ring (bicyclic) bond motifs is 1. The highest BCUT2D eigenvalue weighted by atomic mass is 19.4. The highest BCUT2D eigenvalue weighted by Crippen LogP contribution is 2.41. The Bertz CT molecular complexity index is 1280. The molecule has 3 heterocycles. The lowest BCUT2D eigenvalue weighted by Gasteiger charge is -2.26. The fraction of sp³-hybridized carbons (Fsp3) is 0.632. The second-order valence-electron chi connectivity index (χ2n) is 8.01. The Labute approximate surface area is 207 Å². The highest BCUT2D eigenvalue weighted by Gasteiger charge is 2.60. The van der Waals surface area contributed by atoms with Crippen molar-refractivity contribution in [2.24, 2.45) is 0 Å². The second-order valence-corrected chi connectivity index (χ2v) is 8.01. The van der Waals surface area contributed by atoms with Crippen LogP contribution >= 0.6 is 0 Å². The Morgan fingerprint density at radius 1 is 1.13 bits per heavy atom. The predicted molar refractivity (Wildman–Crippen MR) is 109 cm³/mol. The maximum Gasteiger partial charge on any atom is 0.428 e. The van der Waals surface area contributed by atoms with Gasteiger partial charge in [0.1, 0.15) is 6.10 Å². The molecule has 12 nitrogen and oxygen atoms in total. The molecule has 5 atom stereocenters. The third kappa shape index (κ3) is 5.76. The van der Waals surface area contributed by atoms with Crippen LogP contribution < -0.4 is 16.2 Å². The number of esters is 2. The van der Waals surface area contributed by atoms with Gasteiger partial charge in [-0.1, -0.05) is 0 Å². The number of methoxy groups -OCH3 is 1. The zero-order chi connectivity index (χ0) is 28.7. The van der Waals surface area contributed by atoms with Crippen molar-refractivity contribution in [1.82, 2.24) is 19.1 Å². The first-order valence-corrected chi connectivity index (χ1v) is 10.6. The van der Waals surface area contributed by atoms with Gasteiger partial charge in [-0.3, -0.25) is 14.2 Å². The van der Waals surface area contributed by atoms with Crippen molar-refractivity contribution in [2.75, 3.05) is 12.8 Å². The topological polar surface area (TPSA) is 150 Å². The molecule has 0 radical (unpaired) electrons. The standard InChI is InChI=1S/C19H20F7N5O7/c1-6(32)36-11-8(20)10(12(19(24,25)26)37-7(2)33)38-15(11)31-13-9(14(35-3)29-16(27)28-13)30(17(31)34)5-4-18(21,22)23/h8,10-12,15H,4-5H2,1-3H3,(H2,27,28,29)/t8-,10-,11+,12+,15+/m0/s1. The van der Waals surface area contributed by atoms with Crippen LogP contribution in [-0.4, -0.2) is 75.0 Å². The number of carbonyl (C=O) groups is 2. The number of nitrogens with two attached hydrogens (primary N) is 1. The lowest BCUT2D eigenvalue weighted by Crippen LogP contribution is -2.47. The van der Waals surface area contributed by atoms with Crippen molar-refractivity contribution in [1.29, 1.82) is 0 Å². The lowest BCUT2D eigenvalue weighted by atomic mass is 10.1. The number of ether oxygens (including phenoxy) is 4. The Morgan fingerprint density at radius 2 is 1.76 bits per heavy atom. The summed E-state index contributed by atoms with van der Waals surface area (Å²) in [4.78, 5) is 43.7. The largest absolute Gasteiger partial charge is 0.479 e. The van der Waals surface area contributed by atoms with E-state index in [2.05, 4.69) is 14.7 Å². The van der Waals surface area contributed by atoms with E-state index in [4.69, 9.17) is 19.9 Å². The zero-order valence-corrected chi connectivity index (χ0v) is 19.7. The number of rotatable bonds is 7. The van der Waals surface area contributed by atoms with E-state index in [1.165, 1.54) is 0 Å². The summed E-state index contributed by atoms with van der Waals surface area (Å²) in [5, 5.41) is 0. The van der Waals surface area contributed by atoms with E-state index in [0.29, 0.717) is 16.1 Å². The number of imidazole rings is 1. The molecule has 212 valence electrons. The molecule has 0 bridgehead atoms. The third-order valence-corrected chi connectivity index (χ3v) is 5.27. The second kappa shape index (κ2) is 10.3. The highest BCUT2D eigenvalue weighted by molar-refractivity contribution is 5.78. The normalized spacial score (nSPS) is 22.9. The molecule has 2 aromatic rings. The van der Waals surface area contributed by atoms with Gasteiger partial charge in [0.05, 0.1) is 13.5 Å². The molecular formula is C19H20F7N5O7. The van der Waals surface area contributed by atoms with Crippen LogP contribution in [0.2, 0.25) is 0 Å². The van der Waals surface area contributed by atoms with E-state index in [1.54, 1.807) is 0 Å². The van der Waals surface area contributed by atoms with Crippen LogP contribution in [-0.2, 0) is 30.3 Å². The van der Waals surface area contributed by atoms with Crippen LogP contribution in [0.15, 0.2) is 4.79 Å². The molecule has 1 fully saturated rings. The molecule has 38 heavy (non-hydrogen) atoms. The number of hydrogen-bond donors (Lipinski definition) is 1. The van der Waals surface area contributed by atoms with Crippen molar-refractivity contribution < 1.29 is 59.3 Å². The van der Waals surface area contributed by atoms with Crippen LogP contribution in [0.5, 0.6) is 5.88 Å². The van der Waals surface area contributed by atoms with Crippen molar-refractivity contribution in [3.63, 3.8) is 0 Å². The van der Waals surface area contributed by atoms with Gasteiger partial charge in [-0.2, -0.15) is 36.3 Å². The van der Waals surface area contributed by atoms with Crippen LogP contribution in [0.3, 0.4) is 0 Å². The first-order valence-electron chi connectivity index (χ1n) is 10.6. The van der Waals surface area contributed by atoms with Gasteiger partial charge in [0.15, 0.2) is 29.7 Å². The smallest absolute Gasteiger partial charge is 0.428 e. The molecule has 19 heteroatoms. The number of aromatic nitrogens is 4. The van der Waals surface area contributed by atoms with Gasteiger partial charge in [-0.25, -0.2) is 13.8 Å². The van der Waals surface area contributed by atoms with Crippen molar-refractivity contribution in [2.45, 2.75) is 69.9 Å². The number of carbonyl (C=O) groups excluding carboxylic acids is 2. The summed E-state index contributed by atoms with van der Waals surface area (Å²) in [6.07, 6.45) is -24.9. The summed E-state index contributed by atoms with van der Waals surface area (Å²) < 4.78 is 115. The Balaban J connectivity index is 2.25. The predicted octanol–water partition coefficient (Wildman–Crippen LogP) is 1.80. The van der Waals surface area contributed by atoms with Gasteiger partial charge in [-0.05, 0) is 0 Å². The van der Waals surface area contributed by atoms with E-state index in [0.717, 1.165) is 14.0 Å². The summed E-state index contributed by atoms with van der Waals surface area (Å²) in [7, 11) is 1.03. The summed E-state index contributed by atoms with van der Waals surface area (Å²) >= 11 is 0. The lowest BCUT2D eigenvalue weighted by molar-refractivity contribution is -0.252. The average Bonchev–Trinajstić information content (AvgIpc) is 3.21. The molecule has 0 amide bonds. The van der Waals surface area contributed by atoms with Crippen LogP contribution in [0.25, 0.3) is 11.2 Å². The monoisotopic (exact) mass is 563 g/mol. The van der Waals surface area contributed by atoms with Gasteiger partial charge in [0.2, 0.25) is 17.9 Å². The number of halogens is 7. The quantitative estimate of drug-likeness (QED) is 0.390. The zero-order valence-electron chi connectivity index (χ0n) is 19.7. The maximum absolute atomic E-state index is 15.4. The molecule has 0 unspecified atom stereocenters. The van der Waals surface area contributed by atoms with E-state index in [1.807, 2.05) is 0 Å². The van der Waals surface area contributed by atoms with Gasteiger partial charge >= 0.3 is 30.0 Å². The molecule has 0 aromatic carbocycles. The summed E-state index contributed by atoms with van der Waals surface area (Å²) in [6, 6.07) is 0. The van der Waals surface area contributed by atoms with E-state index >= 15 is 4.39 Å². The number of hydrogen-bond acceptors (Lipinski definition) is 10. The van der Waals surface area contributed by atoms with Gasteiger partial charge in [0.25, 0.3) is 0 Å². The number of nitrogens with zero attached hydrogens (tertiary/aromatic N) is 4. The molecule has 1 aliphatic heterocycles. The Kier molecular flexibility index (Phi) is 7.81. The first-order chi connectivity index (χ1) is 17.5. The van der Waals surface area contributed by atoms with E-state index in [9.17, 15) is 40.7 Å². The average molecular weight is 563 g/mol. The summed E-state index contributed by atoms with van der Waals surface area (Å²) in [6.45, 7) is 0.358. The van der Waals surface area contributed by atoms with E-state index in [-0.39, 0.29) is 0 Å². The van der Waals surface area contributed by atoms with Crippen LogP contribution in [0.4, 0.5) is 36.7 Å². The third-order valence-electron chi connectivity index (χ3n) is 5.27. The maximum atomic E-state index is 15.4. The van der Waals surface area contributed by atoms with E-state index < -0.39 is 96.7 Å². The van der Waals surface area contributed by atoms with Crippen LogP contribution in [0.1, 0.15) is 26.5 Å². The number of alkyl halides is 7. The molecule has 2 N–H and O–H groups in total. The molecule has 0 aliphatic carbocycles. The SMILES string of the molecule is COc1nc(N)nc2c1n(CCC(F)(F)F)c(=O)n2[C@@H]1O[C@H]([C@@H](OC(C)=O)C(F)(F)F)[C@H](F)[C@H]1OC(C)=O. The molecule has 0 spiro atoms. The van der Waals surface area contributed by atoms with Crippen molar-refractivity contribution in [3.8, 4) is 5.88 Å². The molecule has 3 rings (SSSR count). The summed E-state index contributed by atoms with van der Waals surface area (Å²) in [5.41, 5.74) is 3.11. The minimum atomic E-state index is -5.38. The molecule has 1 aliphatic rings. The number of anilines is 1. The minimum absolute atomic E-state index is 0.369. The molecule has 0 saturated carbocycles. The fourth-order valence-corrected chi connectivity index (χ4v) is 3.89. The molecule has 1 saturated heterocycles. The molecular weight excluding hydrogens is 543 g/mol.